The minimum atomic E-state index is 0.246. The molecule has 1 aliphatic heterocycles. The van der Waals surface area contributed by atoms with Crippen LogP contribution in [-0.2, 0) is 0 Å². The highest BCUT2D eigenvalue weighted by molar-refractivity contribution is 6.06. The minimum Gasteiger partial charge on any atom is -0.450 e. The quantitative estimate of drug-likeness (QED) is 0.709. The number of anilines is 2. The largest absolute Gasteiger partial charge is 0.450 e. The second-order valence-corrected chi connectivity index (χ2v) is 5.08. The Bertz CT molecular complexity index is 854. The maximum Gasteiger partial charge on any atom is 0.222 e. The van der Waals surface area contributed by atoms with Crippen molar-refractivity contribution in [3.05, 3.63) is 36.5 Å². The summed E-state index contributed by atoms with van der Waals surface area (Å²) >= 11 is 0. The molecule has 0 bridgehead atoms. The van der Waals surface area contributed by atoms with Crippen molar-refractivity contribution in [3.63, 3.8) is 0 Å². The van der Waals surface area contributed by atoms with Crippen molar-refractivity contribution in [2.24, 2.45) is 0 Å². The molecule has 2 aromatic heterocycles. The maximum atomic E-state index is 5.96. The normalized spacial score (nSPS) is 16.0. The van der Waals surface area contributed by atoms with E-state index in [1.807, 2.05) is 29.2 Å². The number of nitrogens with zero attached hydrogens (tertiary/aromatic N) is 3. The number of hydrogen-bond donors (Lipinski definition) is 2. The second-order valence-electron chi connectivity index (χ2n) is 5.08. The van der Waals surface area contributed by atoms with Gasteiger partial charge in [0.05, 0.1) is 0 Å². The summed E-state index contributed by atoms with van der Waals surface area (Å²) in [5, 5.41) is 4.22. The van der Waals surface area contributed by atoms with Crippen molar-refractivity contribution in [2.75, 3.05) is 30.3 Å². The van der Waals surface area contributed by atoms with Gasteiger partial charge in [-0.1, -0.05) is 18.7 Å². The van der Waals surface area contributed by atoms with Gasteiger partial charge in [0.15, 0.2) is 11.4 Å². The molecule has 1 fully saturated rings. The molecule has 6 nitrogen and oxygen atoms in total. The lowest BCUT2D eigenvalue weighted by Crippen LogP contribution is -2.41. The van der Waals surface area contributed by atoms with Crippen LogP contribution in [0.5, 0.6) is 0 Å². The van der Waals surface area contributed by atoms with Crippen LogP contribution in [0.4, 0.5) is 11.8 Å². The SMILES string of the molecule is C=C1CNCCN1c1nc(N)nc2c1oc1ccccc12. The van der Waals surface area contributed by atoms with Crippen LogP contribution in [0, 0.1) is 0 Å². The van der Waals surface area contributed by atoms with Crippen molar-refractivity contribution >= 4 is 33.8 Å². The van der Waals surface area contributed by atoms with Gasteiger partial charge in [-0.05, 0) is 12.1 Å². The zero-order valence-corrected chi connectivity index (χ0v) is 11.5. The summed E-state index contributed by atoms with van der Waals surface area (Å²) in [4.78, 5) is 10.8. The maximum absolute atomic E-state index is 5.96. The van der Waals surface area contributed by atoms with Gasteiger partial charge in [-0.2, -0.15) is 4.98 Å². The lowest BCUT2D eigenvalue weighted by molar-refractivity contribution is 0.630. The standard InChI is InChI=1S/C15H15N5O/c1-9-8-17-6-7-20(9)14-13-12(18-15(16)19-14)10-4-2-3-5-11(10)21-13/h2-5,17H,1,6-8H2,(H2,16,18,19). The van der Waals surface area contributed by atoms with Crippen LogP contribution in [0.1, 0.15) is 0 Å². The second kappa shape index (κ2) is 4.46. The molecular weight excluding hydrogens is 266 g/mol. The summed E-state index contributed by atoms with van der Waals surface area (Å²) < 4.78 is 5.96. The highest BCUT2D eigenvalue weighted by Crippen LogP contribution is 2.34. The Balaban J connectivity index is 2.01. The average molecular weight is 281 g/mol. The van der Waals surface area contributed by atoms with Gasteiger partial charge in [-0.3, -0.25) is 0 Å². The van der Waals surface area contributed by atoms with Crippen molar-refractivity contribution in [2.45, 2.75) is 0 Å². The third-order valence-electron chi connectivity index (χ3n) is 3.70. The van der Waals surface area contributed by atoms with Gasteiger partial charge in [0.2, 0.25) is 5.95 Å². The number of nitrogens with one attached hydrogen (secondary N) is 1. The molecule has 0 aliphatic carbocycles. The number of benzene rings is 1. The molecule has 0 amide bonds. The molecule has 21 heavy (non-hydrogen) atoms. The summed E-state index contributed by atoms with van der Waals surface area (Å²) in [5.74, 6) is 0.940. The number of furan rings is 1. The fourth-order valence-electron chi connectivity index (χ4n) is 2.71. The third-order valence-corrected chi connectivity index (χ3v) is 3.70. The molecule has 1 aliphatic rings. The topological polar surface area (TPSA) is 80.2 Å². The van der Waals surface area contributed by atoms with Gasteiger partial charge in [0.25, 0.3) is 0 Å². The molecule has 4 rings (SSSR count). The first-order valence-electron chi connectivity index (χ1n) is 6.85. The van der Waals surface area contributed by atoms with E-state index in [4.69, 9.17) is 10.2 Å². The fourth-order valence-corrected chi connectivity index (χ4v) is 2.71. The van der Waals surface area contributed by atoms with E-state index in [0.29, 0.717) is 11.4 Å². The minimum absolute atomic E-state index is 0.246. The van der Waals surface area contributed by atoms with Crippen molar-refractivity contribution in [1.29, 1.82) is 0 Å². The Hall–Kier alpha value is -2.60. The van der Waals surface area contributed by atoms with E-state index in [0.717, 1.165) is 41.8 Å². The van der Waals surface area contributed by atoms with Crippen molar-refractivity contribution in [1.82, 2.24) is 15.3 Å². The molecule has 0 spiro atoms. The molecule has 0 saturated carbocycles. The van der Waals surface area contributed by atoms with E-state index < -0.39 is 0 Å². The number of hydrogen-bond acceptors (Lipinski definition) is 6. The van der Waals surface area contributed by atoms with E-state index in [2.05, 4.69) is 21.9 Å². The van der Waals surface area contributed by atoms with Gasteiger partial charge in [0, 0.05) is 30.7 Å². The average Bonchev–Trinajstić information content (AvgIpc) is 2.86. The molecule has 3 heterocycles. The molecule has 0 unspecified atom stereocenters. The summed E-state index contributed by atoms with van der Waals surface area (Å²) in [6.07, 6.45) is 0. The Morgan fingerprint density at radius 2 is 2.14 bits per heavy atom. The van der Waals surface area contributed by atoms with Gasteiger partial charge in [-0.25, -0.2) is 4.98 Å². The zero-order valence-electron chi connectivity index (χ0n) is 11.5. The van der Waals surface area contributed by atoms with Gasteiger partial charge in [0.1, 0.15) is 11.1 Å². The highest BCUT2D eigenvalue weighted by Gasteiger charge is 2.22. The lowest BCUT2D eigenvalue weighted by atomic mass is 10.2. The summed E-state index contributed by atoms with van der Waals surface area (Å²) in [6.45, 7) is 6.46. The predicted octanol–water partition coefficient (Wildman–Crippen LogP) is 1.88. The Morgan fingerprint density at radius 1 is 1.29 bits per heavy atom. The van der Waals surface area contributed by atoms with Gasteiger partial charge in [-0.15, -0.1) is 0 Å². The van der Waals surface area contributed by atoms with E-state index >= 15 is 0 Å². The van der Waals surface area contributed by atoms with Crippen LogP contribution in [0.2, 0.25) is 0 Å². The fraction of sp³-hybridized carbons (Fsp3) is 0.200. The smallest absolute Gasteiger partial charge is 0.222 e. The van der Waals surface area contributed by atoms with Crippen molar-refractivity contribution < 1.29 is 4.42 Å². The van der Waals surface area contributed by atoms with Gasteiger partial charge >= 0.3 is 0 Å². The van der Waals surface area contributed by atoms with E-state index in [9.17, 15) is 0 Å². The number of aromatic nitrogens is 2. The highest BCUT2D eigenvalue weighted by atomic mass is 16.3. The predicted molar refractivity (Wildman–Crippen MR) is 83.1 cm³/mol. The Morgan fingerprint density at radius 3 is 3.00 bits per heavy atom. The molecule has 1 aromatic carbocycles. The summed E-state index contributed by atoms with van der Waals surface area (Å²) in [5.41, 5.74) is 9.03. The van der Waals surface area contributed by atoms with E-state index in [1.54, 1.807) is 0 Å². The van der Waals surface area contributed by atoms with Crippen LogP contribution < -0.4 is 16.0 Å². The first-order valence-corrected chi connectivity index (χ1v) is 6.85. The molecule has 0 radical (unpaired) electrons. The number of fused-ring (bicyclic) bond motifs is 3. The molecule has 106 valence electrons. The first kappa shape index (κ1) is 12.2. The van der Waals surface area contributed by atoms with E-state index in [-0.39, 0.29) is 5.95 Å². The summed E-state index contributed by atoms with van der Waals surface area (Å²) in [6, 6.07) is 7.79. The van der Waals surface area contributed by atoms with Crippen LogP contribution in [0.3, 0.4) is 0 Å². The molecule has 6 heteroatoms. The molecule has 1 saturated heterocycles. The molecule has 3 N–H and O–H groups in total. The zero-order chi connectivity index (χ0) is 14.4. The van der Waals surface area contributed by atoms with Crippen LogP contribution in [-0.4, -0.2) is 29.6 Å². The molecule has 3 aromatic rings. The summed E-state index contributed by atoms with van der Waals surface area (Å²) in [7, 11) is 0. The van der Waals surface area contributed by atoms with Gasteiger partial charge < -0.3 is 20.4 Å². The molecule has 0 atom stereocenters. The van der Waals surface area contributed by atoms with Crippen LogP contribution in [0.25, 0.3) is 22.1 Å². The third kappa shape index (κ3) is 1.84. The van der Waals surface area contributed by atoms with Crippen molar-refractivity contribution in [3.8, 4) is 0 Å². The number of nitrogen functional groups attached to an aromatic ring is 1. The van der Waals surface area contributed by atoms with Crippen LogP contribution in [0.15, 0.2) is 41.0 Å². The number of rotatable bonds is 1. The lowest BCUT2D eigenvalue weighted by Gasteiger charge is -2.30. The monoisotopic (exact) mass is 281 g/mol. The first-order chi connectivity index (χ1) is 10.2. The Labute approximate surface area is 121 Å². The molecular formula is C15H15N5O. The van der Waals surface area contributed by atoms with Crippen LogP contribution >= 0.6 is 0 Å². The number of para-hydroxylation sites is 1. The Kier molecular flexibility index (Phi) is 2.58. The number of nitrogens with two attached hydrogens (primary N) is 1. The number of piperazine rings is 1. The van der Waals surface area contributed by atoms with E-state index in [1.165, 1.54) is 0 Å².